The van der Waals surface area contributed by atoms with Crippen LogP contribution in [0.5, 0.6) is 0 Å². The van der Waals surface area contributed by atoms with Crippen LogP contribution in [0.1, 0.15) is 29.3 Å². The van der Waals surface area contributed by atoms with Gasteiger partial charge >= 0.3 is 6.18 Å². The molecule has 0 spiro atoms. The first-order valence-corrected chi connectivity index (χ1v) is 6.72. The van der Waals surface area contributed by atoms with Crippen molar-refractivity contribution in [2.45, 2.75) is 25.9 Å². The quantitative estimate of drug-likeness (QED) is 0.850. The van der Waals surface area contributed by atoms with Crippen molar-refractivity contribution in [2.75, 3.05) is 0 Å². The number of benzene rings is 1. The van der Waals surface area contributed by atoms with Crippen LogP contribution in [0.2, 0.25) is 0 Å². The second kappa shape index (κ2) is 5.85. The number of nitrogens with one attached hydrogen (secondary N) is 2. The molecule has 0 aliphatic rings. The number of aromatic amines is 2. The Labute approximate surface area is 123 Å². The van der Waals surface area contributed by atoms with Gasteiger partial charge in [-0.15, -0.1) is 0 Å². The Morgan fingerprint density at radius 2 is 1.76 bits per heavy atom. The van der Waals surface area contributed by atoms with Gasteiger partial charge in [-0.25, -0.2) is 0 Å². The molecule has 21 heavy (non-hydrogen) atoms. The molecule has 112 valence electrons. The Morgan fingerprint density at radius 1 is 1.14 bits per heavy atom. The molecule has 0 saturated heterocycles. The molecule has 0 aliphatic heterocycles. The summed E-state index contributed by atoms with van der Waals surface area (Å²) in [5.74, 6) is 0. The van der Waals surface area contributed by atoms with Gasteiger partial charge in [-0.3, -0.25) is 9.78 Å². The fourth-order valence-corrected chi connectivity index (χ4v) is 2.28. The lowest BCUT2D eigenvalue weighted by Crippen LogP contribution is -2.18. The minimum atomic E-state index is -4.36. The lowest BCUT2D eigenvalue weighted by Gasteiger charge is -2.09. The van der Waals surface area contributed by atoms with Gasteiger partial charge in [-0.1, -0.05) is 19.1 Å². The van der Waals surface area contributed by atoms with Crippen LogP contribution >= 0.6 is 12.2 Å². The number of aromatic nitrogens is 2. The molecule has 0 unspecified atom stereocenters. The van der Waals surface area contributed by atoms with Crippen LogP contribution < -0.4 is 5.56 Å². The van der Waals surface area contributed by atoms with E-state index in [9.17, 15) is 18.0 Å². The summed E-state index contributed by atoms with van der Waals surface area (Å²) in [6, 6.07) is 4.78. The van der Waals surface area contributed by atoms with Gasteiger partial charge in [-0.05, 0) is 36.3 Å². The van der Waals surface area contributed by atoms with Crippen LogP contribution in [-0.4, -0.2) is 9.97 Å². The highest BCUT2D eigenvalue weighted by molar-refractivity contribution is 7.71. The fourth-order valence-electron chi connectivity index (χ4n) is 2.06. The summed E-state index contributed by atoms with van der Waals surface area (Å²) in [4.78, 5) is 17.3. The third-order valence-corrected chi connectivity index (χ3v) is 3.35. The summed E-state index contributed by atoms with van der Waals surface area (Å²) >= 11 is 4.90. The van der Waals surface area contributed by atoms with Crippen LogP contribution in [0.25, 0.3) is 0 Å². The molecular weight excluding hydrogens is 301 g/mol. The maximum Gasteiger partial charge on any atom is 0.416 e. The molecule has 0 amide bonds. The molecule has 0 fully saturated rings. The van der Waals surface area contributed by atoms with Crippen LogP contribution in [0.4, 0.5) is 13.2 Å². The average molecular weight is 314 g/mol. The van der Waals surface area contributed by atoms with Crippen molar-refractivity contribution in [3.63, 3.8) is 0 Å². The molecule has 0 saturated carbocycles. The SMILES string of the molecule is CCc1[nH]c(=S)[nH]c(=O)c1Cc1ccc(C(F)(F)F)cc1. The third-order valence-electron chi connectivity index (χ3n) is 3.15. The molecule has 7 heteroatoms. The maximum atomic E-state index is 12.5. The van der Waals surface area contributed by atoms with E-state index in [1.54, 1.807) is 0 Å². The predicted molar refractivity (Wildman–Crippen MR) is 75.9 cm³/mol. The third kappa shape index (κ3) is 3.60. The topological polar surface area (TPSA) is 48.6 Å². The molecule has 1 aromatic carbocycles. The second-order valence-electron chi connectivity index (χ2n) is 4.59. The molecule has 2 rings (SSSR count). The molecule has 0 radical (unpaired) electrons. The first-order chi connectivity index (χ1) is 9.81. The monoisotopic (exact) mass is 314 g/mol. The highest BCUT2D eigenvalue weighted by Gasteiger charge is 2.29. The predicted octanol–water partition coefficient (Wildman–Crippen LogP) is 3.60. The van der Waals surface area contributed by atoms with E-state index in [0.29, 0.717) is 23.2 Å². The van der Waals surface area contributed by atoms with E-state index >= 15 is 0 Å². The van der Waals surface area contributed by atoms with Gasteiger partial charge in [0.05, 0.1) is 5.56 Å². The molecule has 2 N–H and O–H groups in total. The standard InChI is InChI=1S/C14H13F3N2OS/c1-2-11-10(12(20)19-13(21)18-11)7-8-3-5-9(6-4-8)14(15,16)17/h3-6H,2,7H2,1H3,(H2,18,19,20,21). The number of hydrogen-bond acceptors (Lipinski definition) is 2. The number of alkyl halides is 3. The number of H-pyrrole nitrogens is 2. The molecule has 2 aromatic rings. The summed E-state index contributed by atoms with van der Waals surface area (Å²) in [6.07, 6.45) is -3.52. The van der Waals surface area contributed by atoms with E-state index < -0.39 is 11.7 Å². The van der Waals surface area contributed by atoms with E-state index in [-0.39, 0.29) is 16.8 Å². The van der Waals surface area contributed by atoms with Crippen LogP contribution in [0, 0.1) is 4.77 Å². The molecule has 0 atom stereocenters. The zero-order valence-corrected chi connectivity index (χ0v) is 12.0. The van der Waals surface area contributed by atoms with Crippen LogP contribution in [-0.2, 0) is 19.0 Å². The highest BCUT2D eigenvalue weighted by atomic mass is 32.1. The van der Waals surface area contributed by atoms with Crippen molar-refractivity contribution in [3.05, 3.63) is 61.8 Å². The van der Waals surface area contributed by atoms with Crippen molar-refractivity contribution < 1.29 is 13.2 Å². The molecule has 1 heterocycles. The number of halogens is 3. The van der Waals surface area contributed by atoms with E-state index in [1.165, 1.54) is 12.1 Å². The summed E-state index contributed by atoms with van der Waals surface area (Å²) < 4.78 is 37.7. The lowest BCUT2D eigenvalue weighted by atomic mass is 10.0. The number of aryl methyl sites for hydroxylation is 1. The normalized spacial score (nSPS) is 11.6. The van der Waals surface area contributed by atoms with Crippen molar-refractivity contribution in [1.29, 1.82) is 0 Å². The average Bonchev–Trinajstić information content (AvgIpc) is 2.41. The minimum Gasteiger partial charge on any atom is -0.336 e. The van der Waals surface area contributed by atoms with Gasteiger partial charge in [0.1, 0.15) is 0 Å². The van der Waals surface area contributed by atoms with Gasteiger partial charge in [0.15, 0.2) is 4.77 Å². The molecule has 0 aliphatic carbocycles. The molecule has 1 aromatic heterocycles. The zero-order chi connectivity index (χ0) is 15.6. The van der Waals surface area contributed by atoms with Crippen molar-refractivity contribution in [3.8, 4) is 0 Å². The summed E-state index contributed by atoms with van der Waals surface area (Å²) in [6.45, 7) is 1.87. The van der Waals surface area contributed by atoms with Crippen LogP contribution in [0.15, 0.2) is 29.1 Å². The fraction of sp³-hybridized carbons (Fsp3) is 0.286. The molecule has 3 nitrogen and oxygen atoms in total. The van der Waals surface area contributed by atoms with Crippen molar-refractivity contribution in [1.82, 2.24) is 9.97 Å². The zero-order valence-electron chi connectivity index (χ0n) is 11.2. The summed E-state index contributed by atoms with van der Waals surface area (Å²) in [7, 11) is 0. The van der Waals surface area contributed by atoms with Crippen LogP contribution in [0.3, 0.4) is 0 Å². The Kier molecular flexibility index (Phi) is 4.32. The highest BCUT2D eigenvalue weighted by Crippen LogP contribution is 2.29. The lowest BCUT2D eigenvalue weighted by molar-refractivity contribution is -0.137. The van der Waals surface area contributed by atoms with E-state index in [4.69, 9.17) is 12.2 Å². The molecular formula is C14H13F3N2OS. The van der Waals surface area contributed by atoms with Crippen molar-refractivity contribution >= 4 is 12.2 Å². The van der Waals surface area contributed by atoms with Gasteiger partial charge in [0, 0.05) is 17.7 Å². The van der Waals surface area contributed by atoms with E-state index in [0.717, 1.165) is 12.1 Å². The Bertz CT molecular complexity index is 745. The smallest absolute Gasteiger partial charge is 0.336 e. The van der Waals surface area contributed by atoms with E-state index in [1.807, 2.05) is 6.92 Å². The number of rotatable bonds is 3. The Morgan fingerprint density at radius 3 is 2.29 bits per heavy atom. The van der Waals surface area contributed by atoms with Gasteiger partial charge in [0.2, 0.25) is 0 Å². The van der Waals surface area contributed by atoms with E-state index in [2.05, 4.69) is 9.97 Å². The summed E-state index contributed by atoms with van der Waals surface area (Å²) in [5.41, 5.74) is 0.807. The molecule has 0 bridgehead atoms. The largest absolute Gasteiger partial charge is 0.416 e. The summed E-state index contributed by atoms with van der Waals surface area (Å²) in [5, 5.41) is 0. The maximum absolute atomic E-state index is 12.5. The van der Waals surface area contributed by atoms with Gasteiger partial charge < -0.3 is 4.98 Å². The minimum absolute atomic E-state index is 0.244. The Hall–Kier alpha value is -1.89. The first-order valence-electron chi connectivity index (χ1n) is 6.31. The second-order valence-corrected chi connectivity index (χ2v) is 5.00. The van der Waals surface area contributed by atoms with Gasteiger partial charge in [-0.2, -0.15) is 13.2 Å². The van der Waals surface area contributed by atoms with Gasteiger partial charge in [0.25, 0.3) is 5.56 Å². The number of hydrogen-bond donors (Lipinski definition) is 2. The Balaban J connectivity index is 2.35. The van der Waals surface area contributed by atoms with Crippen molar-refractivity contribution in [2.24, 2.45) is 0 Å². The first kappa shape index (κ1) is 15.5.